The zero-order valence-electron chi connectivity index (χ0n) is 16.6. The topological polar surface area (TPSA) is 78.5 Å². The quantitative estimate of drug-likeness (QED) is 0.674. The predicted octanol–water partition coefficient (Wildman–Crippen LogP) is 4.67. The van der Waals surface area contributed by atoms with Crippen LogP contribution in [0.5, 0.6) is 0 Å². The van der Waals surface area contributed by atoms with Gasteiger partial charge in [0.2, 0.25) is 0 Å². The number of nitrogens with zero attached hydrogens (tertiary/aromatic N) is 1. The molecule has 2 aromatic rings. The highest BCUT2D eigenvalue weighted by molar-refractivity contribution is 7.10. The third-order valence-electron chi connectivity index (χ3n) is 5.58. The molecule has 6 nitrogen and oxygen atoms in total. The number of thiophene rings is 1. The van der Waals surface area contributed by atoms with Gasteiger partial charge in [0.15, 0.2) is 5.78 Å². The number of allylic oxidation sites excluding steroid dienone is 1. The van der Waals surface area contributed by atoms with Crippen LogP contribution in [0.3, 0.4) is 0 Å². The van der Waals surface area contributed by atoms with E-state index in [9.17, 15) is 14.4 Å². The Morgan fingerprint density at radius 2 is 2.17 bits per heavy atom. The Bertz CT molecular complexity index is 1060. The second-order valence-electron chi connectivity index (χ2n) is 7.70. The predicted molar refractivity (Wildman–Crippen MR) is 118 cm³/mol. The summed E-state index contributed by atoms with van der Waals surface area (Å²) < 4.78 is 0. The summed E-state index contributed by atoms with van der Waals surface area (Å²) in [5, 5.41) is 7.99. The number of aryl methyl sites for hydroxylation is 1. The fraction of sp³-hybridized carbons (Fsp3) is 0.318. The van der Waals surface area contributed by atoms with E-state index in [4.69, 9.17) is 11.6 Å². The molecular formula is C22H22ClN3O3S. The van der Waals surface area contributed by atoms with E-state index < -0.39 is 0 Å². The fourth-order valence-corrected chi connectivity index (χ4v) is 5.02. The fourth-order valence-electron chi connectivity index (χ4n) is 3.86. The van der Waals surface area contributed by atoms with Gasteiger partial charge in [-0.15, -0.1) is 11.3 Å². The van der Waals surface area contributed by atoms with Crippen LogP contribution in [0.2, 0.25) is 5.02 Å². The Morgan fingerprint density at radius 1 is 1.37 bits per heavy atom. The Hall–Kier alpha value is -2.64. The number of benzene rings is 1. The van der Waals surface area contributed by atoms with Gasteiger partial charge in [0, 0.05) is 33.9 Å². The summed E-state index contributed by atoms with van der Waals surface area (Å²) in [4.78, 5) is 40.1. The van der Waals surface area contributed by atoms with Crippen molar-refractivity contribution in [3.05, 3.63) is 62.3 Å². The second kappa shape index (κ2) is 8.24. The van der Waals surface area contributed by atoms with Crippen molar-refractivity contribution >= 4 is 46.3 Å². The molecule has 3 amide bonds. The second-order valence-corrected chi connectivity index (χ2v) is 9.07. The number of Topliss-reactive ketones (excluding diaryl/α,β-unsaturated/α-hetero) is 1. The van der Waals surface area contributed by atoms with Gasteiger partial charge in [-0.05, 0) is 43.0 Å². The first-order valence-corrected chi connectivity index (χ1v) is 11.0. The lowest BCUT2D eigenvalue weighted by molar-refractivity contribution is -0.124. The van der Waals surface area contributed by atoms with E-state index in [1.165, 1.54) is 11.3 Å². The van der Waals surface area contributed by atoms with Gasteiger partial charge in [-0.1, -0.05) is 29.8 Å². The number of carbonyl (C=O) groups is 3. The Kier molecular flexibility index (Phi) is 5.66. The lowest BCUT2D eigenvalue weighted by Gasteiger charge is -2.30. The van der Waals surface area contributed by atoms with E-state index in [2.05, 4.69) is 17.2 Å². The summed E-state index contributed by atoms with van der Waals surface area (Å²) in [7, 11) is 0. The maximum Gasteiger partial charge on any atom is 0.319 e. The van der Waals surface area contributed by atoms with Crippen LogP contribution >= 0.6 is 22.9 Å². The highest BCUT2D eigenvalue weighted by Gasteiger charge is 2.39. The lowest BCUT2D eigenvalue weighted by Crippen LogP contribution is -2.43. The molecule has 8 heteroatoms. The SMILES string of the molecule is C=C1CCC(N2Cc3c(csc3CNC(=O)Nc3ccc(C)c(Cl)c3)C2=O)C(=O)C1. The molecule has 4 rings (SSSR count). The highest BCUT2D eigenvalue weighted by Crippen LogP contribution is 2.35. The summed E-state index contributed by atoms with van der Waals surface area (Å²) in [5.41, 5.74) is 4.02. The standard InChI is InChI=1S/C22H22ClN3O3S/c1-12-3-6-18(19(27)7-12)26-10-15-16(21(26)28)11-30-20(15)9-24-22(29)25-14-5-4-13(2)17(23)8-14/h4-5,8,11,18H,1,3,6-7,9-10H2,2H3,(H2,24,25,29). The summed E-state index contributed by atoms with van der Waals surface area (Å²) in [6.07, 6.45) is 1.75. The molecule has 0 spiro atoms. The van der Waals surface area contributed by atoms with E-state index >= 15 is 0 Å². The smallest absolute Gasteiger partial charge is 0.319 e. The van der Waals surface area contributed by atoms with Crippen molar-refractivity contribution in [3.8, 4) is 0 Å². The number of hydrogen-bond donors (Lipinski definition) is 2. The highest BCUT2D eigenvalue weighted by atomic mass is 35.5. The molecule has 30 heavy (non-hydrogen) atoms. The monoisotopic (exact) mass is 443 g/mol. The van der Waals surface area contributed by atoms with Crippen molar-refractivity contribution in [2.75, 3.05) is 5.32 Å². The van der Waals surface area contributed by atoms with Crippen molar-refractivity contribution in [1.82, 2.24) is 10.2 Å². The number of urea groups is 1. The van der Waals surface area contributed by atoms with Crippen LogP contribution in [0.1, 0.15) is 45.6 Å². The van der Waals surface area contributed by atoms with Gasteiger partial charge in [-0.25, -0.2) is 4.79 Å². The number of nitrogens with one attached hydrogen (secondary N) is 2. The summed E-state index contributed by atoms with van der Waals surface area (Å²) in [6, 6.07) is 4.60. The number of amides is 3. The van der Waals surface area contributed by atoms with Crippen LogP contribution in [0.15, 0.2) is 35.7 Å². The first kappa shape index (κ1) is 20.6. The normalized spacial score (nSPS) is 18.5. The summed E-state index contributed by atoms with van der Waals surface area (Å²) in [6.45, 7) is 6.50. The van der Waals surface area contributed by atoms with Crippen LogP contribution < -0.4 is 10.6 Å². The minimum atomic E-state index is -0.379. The maximum absolute atomic E-state index is 12.8. The molecule has 1 aromatic heterocycles. The summed E-state index contributed by atoms with van der Waals surface area (Å²) in [5.74, 6) is -0.0404. The molecule has 1 saturated carbocycles. The van der Waals surface area contributed by atoms with Crippen molar-refractivity contribution in [3.63, 3.8) is 0 Å². The molecular weight excluding hydrogens is 422 g/mol. The van der Waals surface area contributed by atoms with Crippen molar-refractivity contribution in [2.45, 2.75) is 45.3 Å². The minimum Gasteiger partial charge on any atom is -0.333 e. The van der Waals surface area contributed by atoms with Crippen molar-refractivity contribution in [1.29, 1.82) is 0 Å². The van der Waals surface area contributed by atoms with Gasteiger partial charge < -0.3 is 15.5 Å². The third-order valence-corrected chi connectivity index (χ3v) is 7.02. The average molecular weight is 444 g/mol. The largest absolute Gasteiger partial charge is 0.333 e. The van der Waals surface area contributed by atoms with E-state index in [-0.39, 0.29) is 23.8 Å². The number of rotatable bonds is 4. The number of fused-ring (bicyclic) bond motifs is 1. The molecule has 0 radical (unpaired) electrons. The van der Waals surface area contributed by atoms with Gasteiger partial charge >= 0.3 is 6.03 Å². The number of hydrogen-bond acceptors (Lipinski definition) is 4. The van der Waals surface area contributed by atoms with Gasteiger partial charge in [-0.3, -0.25) is 9.59 Å². The third kappa shape index (κ3) is 4.00. The molecule has 1 aromatic carbocycles. The van der Waals surface area contributed by atoms with Crippen LogP contribution in [-0.4, -0.2) is 28.7 Å². The lowest BCUT2D eigenvalue weighted by atomic mass is 9.89. The van der Waals surface area contributed by atoms with E-state index in [1.807, 2.05) is 18.4 Å². The van der Waals surface area contributed by atoms with Crippen molar-refractivity contribution < 1.29 is 14.4 Å². The van der Waals surface area contributed by atoms with E-state index in [1.54, 1.807) is 17.0 Å². The minimum absolute atomic E-state index is 0.0595. The Labute approximate surface area is 183 Å². The van der Waals surface area contributed by atoms with Gasteiger partial charge in [0.1, 0.15) is 0 Å². The molecule has 1 aliphatic heterocycles. The number of ketones is 1. The number of anilines is 1. The molecule has 0 bridgehead atoms. The van der Waals surface area contributed by atoms with E-state index in [0.29, 0.717) is 42.2 Å². The van der Waals surface area contributed by atoms with Crippen LogP contribution in [0.4, 0.5) is 10.5 Å². The maximum atomic E-state index is 12.8. The first-order chi connectivity index (χ1) is 14.3. The van der Waals surface area contributed by atoms with Gasteiger partial charge in [0.05, 0.1) is 18.2 Å². The zero-order valence-corrected chi connectivity index (χ0v) is 18.2. The molecule has 1 aliphatic carbocycles. The van der Waals surface area contributed by atoms with E-state index in [0.717, 1.165) is 28.0 Å². The molecule has 2 N–H and O–H groups in total. The van der Waals surface area contributed by atoms with Crippen LogP contribution in [0, 0.1) is 6.92 Å². The number of carbonyl (C=O) groups excluding carboxylic acids is 3. The first-order valence-electron chi connectivity index (χ1n) is 9.74. The molecule has 0 saturated heterocycles. The molecule has 156 valence electrons. The molecule has 2 heterocycles. The Morgan fingerprint density at radius 3 is 2.90 bits per heavy atom. The van der Waals surface area contributed by atoms with Crippen LogP contribution in [-0.2, 0) is 17.9 Å². The van der Waals surface area contributed by atoms with Crippen molar-refractivity contribution in [2.24, 2.45) is 0 Å². The zero-order chi connectivity index (χ0) is 21.4. The van der Waals surface area contributed by atoms with Crippen LogP contribution in [0.25, 0.3) is 0 Å². The molecule has 1 fully saturated rings. The Balaban J connectivity index is 1.39. The molecule has 1 unspecified atom stereocenters. The summed E-state index contributed by atoms with van der Waals surface area (Å²) >= 11 is 7.54. The van der Waals surface area contributed by atoms with Gasteiger partial charge in [-0.2, -0.15) is 0 Å². The average Bonchev–Trinajstić information content (AvgIpc) is 3.23. The molecule has 1 atom stereocenters. The van der Waals surface area contributed by atoms with Gasteiger partial charge in [0.25, 0.3) is 5.91 Å². The molecule has 2 aliphatic rings. The number of halogens is 1.